The van der Waals surface area contributed by atoms with E-state index in [-0.39, 0.29) is 17.5 Å². The van der Waals surface area contributed by atoms with Crippen molar-refractivity contribution >= 4 is 101 Å². The minimum absolute atomic E-state index is 0.0849. The van der Waals surface area contributed by atoms with Gasteiger partial charge in [0.15, 0.2) is 0 Å². The predicted molar refractivity (Wildman–Crippen MR) is 534 cm³/mol. The van der Waals surface area contributed by atoms with E-state index in [0.29, 0.717) is 0 Å². The Morgan fingerprint density at radius 1 is 0.230 bits per heavy atom. The average molecular weight is 1610 g/mol. The summed E-state index contributed by atoms with van der Waals surface area (Å²) in [4.78, 5) is 5.51. The first-order valence-electron chi connectivity index (χ1n) is 44.6. The Hall–Kier alpha value is -14.8. The van der Waals surface area contributed by atoms with E-state index in [0.717, 1.165) is 123 Å². The Labute approximate surface area is 738 Å². The summed E-state index contributed by atoms with van der Waals surface area (Å²) in [6, 6.07) is 154. The van der Waals surface area contributed by atoms with Gasteiger partial charge in [0.25, 0.3) is 6.71 Å². The fourth-order valence-electron chi connectivity index (χ4n) is 22.0. The number of rotatable bonds is 10. The van der Waals surface area contributed by atoms with E-state index in [2.05, 4.69) is 482 Å². The molecule has 4 nitrogen and oxygen atoms in total. The minimum atomic E-state index is -0.594. The molecule has 0 radical (unpaired) electrons. The molecule has 0 fully saturated rings. The first kappa shape index (κ1) is 75.0. The monoisotopic (exact) mass is 1610 g/mol. The highest BCUT2D eigenvalue weighted by Crippen LogP contribution is 2.66. The lowest BCUT2D eigenvalue weighted by Crippen LogP contribution is -2.61. The van der Waals surface area contributed by atoms with Crippen molar-refractivity contribution in [1.82, 2.24) is 9.13 Å². The molecule has 18 aromatic carbocycles. The molecule has 0 unspecified atom stereocenters. The molecule has 5 heteroatoms. The molecule has 0 amide bonds. The molecule has 0 saturated heterocycles. The van der Waals surface area contributed by atoms with Crippen molar-refractivity contribution in [3.63, 3.8) is 0 Å². The van der Waals surface area contributed by atoms with Gasteiger partial charge in [-0.3, -0.25) is 0 Å². The van der Waals surface area contributed by atoms with Crippen molar-refractivity contribution in [3.8, 4) is 100 Å². The summed E-state index contributed by atoms with van der Waals surface area (Å²) in [5, 5.41) is 4.99. The third-order valence-electron chi connectivity index (χ3n) is 27.9. The number of hydrogen-bond donors (Lipinski definition) is 0. The maximum absolute atomic E-state index is 2.76. The molecule has 126 heavy (non-hydrogen) atoms. The number of anilines is 6. The molecule has 0 saturated carbocycles. The van der Waals surface area contributed by atoms with E-state index in [9.17, 15) is 0 Å². The zero-order chi connectivity index (χ0) is 84.8. The summed E-state index contributed by atoms with van der Waals surface area (Å²) in [5.74, 6) is 0. The SMILES string of the molecule is CC(C)(C)c1cc2c3c(c1)N(c1c(-c4ccccc4)cc(-c4ccccc4)cc1-c1ccccc1)c1cc(-n4c5ccccc5c5c6c(ccc54)-c4ccccc4C64c5ccccc5-c5ccccc54)ccc1B3c1ccc(-n3c4ccc(C(C)(C)C)cc4c4cc(C(C)(C)C)ccc43)cc1N2c1c(-c2ccccc2)cc(-c2ccccc2)cc1-c1ccccc1. The maximum Gasteiger partial charge on any atom is 0.252 e. The van der Waals surface area contributed by atoms with Gasteiger partial charge in [0.1, 0.15) is 0 Å². The molecule has 2 aromatic heterocycles. The van der Waals surface area contributed by atoms with Crippen molar-refractivity contribution in [3.05, 3.63) is 439 Å². The van der Waals surface area contributed by atoms with Crippen LogP contribution in [0.2, 0.25) is 0 Å². The van der Waals surface area contributed by atoms with Gasteiger partial charge in [-0.05, 0) is 235 Å². The number of aromatic nitrogens is 2. The van der Waals surface area contributed by atoms with Crippen LogP contribution < -0.4 is 26.2 Å². The molecule has 4 heterocycles. The normalized spacial score (nSPS) is 13.5. The van der Waals surface area contributed by atoms with Gasteiger partial charge in [-0.1, -0.05) is 366 Å². The zero-order valence-electron chi connectivity index (χ0n) is 72.5. The number of hydrogen-bond acceptors (Lipinski definition) is 2. The summed E-state index contributed by atoms with van der Waals surface area (Å²) >= 11 is 0. The largest absolute Gasteiger partial charge is 0.310 e. The van der Waals surface area contributed by atoms with E-state index in [1.54, 1.807) is 0 Å². The molecule has 600 valence electrons. The smallest absolute Gasteiger partial charge is 0.252 e. The Bertz CT molecular complexity index is 7610. The van der Waals surface area contributed by atoms with Gasteiger partial charge in [-0.25, -0.2) is 0 Å². The first-order chi connectivity index (χ1) is 61.4. The predicted octanol–water partition coefficient (Wildman–Crippen LogP) is 30.2. The molecule has 1 spiro atoms. The quantitative estimate of drug-likeness (QED) is 0.127. The van der Waals surface area contributed by atoms with Crippen molar-refractivity contribution in [2.45, 2.75) is 84.0 Å². The average Bonchev–Trinajstić information content (AvgIpc) is 1.47. The Balaban J connectivity index is 0.859. The number of fused-ring (bicyclic) bond motifs is 21. The second-order valence-corrected chi connectivity index (χ2v) is 38.2. The second kappa shape index (κ2) is 28.1. The van der Waals surface area contributed by atoms with Crippen LogP contribution in [0.25, 0.3) is 144 Å². The highest BCUT2D eigenvalue weighted by Gasteiger charge is 2.54. The van der Waals surface area contributed by atoms with E-state index < -0.39 is 10.8 Å². The van der Waals surface area contributed by atoms with Crippen LogP contribution in [0.5, 0.6) is 0 Å². The van der Waals surface area contributed by atoms with Crippen LogP contribution in [0.3, 0.4) is 0 Å². The van der Waals surface area contributed by atoms with Gasteiger partial charge in [0, 0.05) is 77.9 Å². The third kappa shape index (κ3) is 11.3. The fraction of sp³-hybridized carbons (Fsp3) is 0.107. The summed E-state index contributed by atoms with van der Waals surface area (Å²) in [6.45, 7) is 21.0. The van der Waals surface area contributed by atoms with Crippen LogP contribution in [0, 0.1) is 0 Å². The molecule has 0 atom stereocenters. The summed E-state index contributed by atoms with van der Waals surface area (Å²) in [5.41, 5.74) is 43.9. The fourth-order valence-corrected chi connectivity index (χ4v) is 22.0. The topological polar surface area (TPSA) is 16.3 Å². The lowest BCUT2D eigenvalue weighted by molar-refractivity contribution is 0.590. The number of nitrogens with zero attached hydrogens (tertiary/aromatic N) is 4. The molecule has 2 aliphatic heterocycles. The van der Waals surface area contributed by atoms with Crippen molar-refractivity contribution < 1.29 is 0 Å². The first-order valence-corrected chi connectivity index (χ1v) is 44.6. The van der Waals surface area contributed by atoms with Gasteiger partial charge in [-0.2, -0.15) is 0 Å². The molecule has 4 aliphatic rings. The molecule has 0 bridgehead atoms. The van der Waals surface area contributed by atoms with Crippen molar-refractivity contribution in [2.75, 3.05) is 9.80 Å². The van der Waals surface area contributed by atoms with E-state index in [1.807, 2.05) is 0 Å². The van der Waals surface area contributed by atoms with Crippen LogP contribution in [0.15, 0.2) is 400 Å². The third-order valence-corrected chi connectivity index (χ3v) is 27.9. The van der Waals surface area contributed by atoms with Crippen LogP contribution >= 0.6 is 0 Å². The lowest BCUT2D eigenvalue weighted by Gasteiger charge is -2.46. The van der Waals surface area contributed by atoms with Crippen molar-refractivity contribution in [1.29, 1.82) is 0 Å². The summed E-state index contributed by atoms with van der Waals surface area (Å²) < 4.78 is 5.19. The van der Waals surface area contributed by atoms with E-state index in [4.69, 9.17) is 0 Å². The van der Waals surface area contributed by atoms with Crippen LogP contribution in [0.1, 0.15) is 101 Å². The van der Waals surface area contributed by atoms with Gasteiger partial charge < -0.3 is 18.9 Å². The number of para-hydroxylation sites is 1. The molecule has 20 aromatic rings. The molecule has 2 aliphatic carbocycles. The zero-order valence-corrected chi connectivity index (χ0v) is 72.5. The number of benzene rings is 18. The lowest BCUT2D eigenvalue weighted by atomic mass is 9.33. The molecule has 0 N–H and O–H groups in total. The van der Waals surface area contributed by atoms with Crippen LogP contribution in [0.4, 0.5) is 34.1 Å². The Morgan fingerprint density at radius 2 is 0.563 bits per heavy atom. The molecule has 24 rings (SSSR count). The van der Waals surface area contributed by atoms with Gasteiger partial charge in [-0.15, -0.1) is 0 Å². The van der Waals surface area contributed by atoms with E-state index in [1.165, 1.54) is 110 Å². The minimum Gasteiger partial charge on any atom is -0.310 e. The second-order valence-electron chi connectivity index (χ2n) is 38.2. The highest BCUT2D eigenvalue weighted by atomic mass is 15.2. The van der Waals surface area contributed by atoms with Gasteiger partial charge in [0.2, 0.25) is 0 Å². The Kier molecular flexibility index (Phi) is 16.7. The summed E-state index contributed by atoms with van der Waals surface area (Å²) in [7, 11) is 0. The van der Waals surface area contributed by atoms with Gasteiger partial charge >= 0.3 is 0 Å². The summed E-state index contributed by atoms with van der Waals surface area (Å²) in [6.07, 6.45) is 0. The molecular formula is C121H93BN4. The highest BCUT2D eigenvalue weighted by molar-refractivity contribution is 7.00. The van der Waals surface area contributed by atoms with Crippen molar-refractivity contribution in [2.24, 2.45) is 0 Å². The van der Waals surface area contributed by atoms with E-state index >= 15 is 0 Å². The van der Waals surface area contributed by atoms with Crippen LogP contribution in [-0.2, 0) is 21.7 Å². The standard InChI is InChI=1S/C121H93BN4/c1-118(2,3)84-56-63-106-98(70-84)99-71-85(119(4,5)6)57-64-107(99)123(106)87-58-61-103-109(74-87)125(116-94(78-40-20-12-21-41-78)66-82(76-36-16-10-17-37-76)67-95(116)79-42-22-13-23-43-79)111-72-86(120(7,8)9)73-112-115(111)122(103)104-62-59-88(75-110(104)126(112)117-96(80-44-24-14-25-45-80)68-83(77-38-18-11-19-39-77)69-97(117)81-46-26-15-27-47-81)124-105-55-35-31-51-93(105)113-108(124)65-60-92-91-50-30-34-54-102(91)121(114(92)113)100-52-32-28-48-89(100)90-49-29-33-53-101(90)121/h10-75H,1-9H3. The molecular weight excluding hydrogens is 1520 g/mol. The maximum atomic E-state index is 2.76. The Morgan fingerprint density at radius 3 is 0.960 bits per heavy atom. The van der Waals surface area contributed by atoms with Crippen LogP contribution in [-0.4, -0.2) is 15.8 Å². The van der Waals surface area contributed by atoms with Gasteiger partial charge in [0.05, 0.1) is 38.9 Å².